The smallest absolute Gasteiger partial charge is 0.191 e. The van der Waals surface area contributed by atoms with Crippen molar-refractivity contribution in [3.63, 3.8) is 0 Å². The Balaban J connectivity index is 2.80. The third-order valence-electron chi connectivity index (χ3n) is 3.36. The fourth-order valence-electron chi connectivity index (χ4n) is 2.01. The van der Waals surface area contributed by atoms with Gasteiger partial charge >= 0.3 is 0 Å². The molecule has 0 saturated carbocycles. The molecule has 0 aromatic heterocycles. The molecule has 5 heteroatoms. The SMILES string of the molecule is CCNC(=NCc1ccc(F)c(CN(C)C)c1)NC(C)CC. The summed E-state index contributed by atoms with van der Waals surface area (Å²) in [5.41, 5.74) is 1.72. The highest BCUT2D eigenvalue weighted by Gasteiger charge is 2.06. The monoisotopic (exact) mass is 308 g/mol. The van der Waals surface area contributed by atoms with Crippen LogP contribution in [0.1, 0.15) is 38.3 Å². The van der Waals surface area contributed by atoms with Gasteiger partial charge in [-0.25, -0.2) is 9.38 Å². The van der Waals surface area contributed by atoms with E-state index in [1.807, 2.05) is 32.0 Å². The second kappa shape index (κ2) is 9.41. The molecule has 0 radical (unpaired) electrons. The topological polar surface area (TPSA) is 39.7 Å². The van der Waals surface area contributed by atoms with Crippen LogP contribution in [0.4, 0.5) is 4.39 Å². The Morgan fingerprint density at radius 3 is 2.64 bits per heavy atom. The fraction of sp³-hybridized carbons (Fsp3) is 0.588. The first-order valence-corrected chi connectivity index (χ1v) is 7.93. The third-order valence-corrected chi connectivity index (χ3v) is 3.36. The molecule has 1 atom stereocenters. The Morgan fingerprint density at radius 2 is 2.05 bits per heavy atom. The van der Waals surface area contributed by atoms with Crippen molar-refractivity contribution in [2.75, 3.05) is 20.6 Å². The molecule has 0 amide bonds. The number of guanidine groups is 1. The third kappa shape index (κ3) is 6.43. The van der Waals surface area contributed by atoms with Crippen LogP contribution in [0.15, 0.2) is 23.2 Å². The van der Waals surface area contributed by atoms with E-state index in [1.54, 1.807) is 6.07 Å². The lowest BCUT2D eigenvalue weighted by Crippen LogP contribution is -2.41. The molecule has 1 rings (SSSR count). The molecule has 1 unspecified atom stereocenters. The van der Waals surface area contributed by atoms with Gasteiger partial charge in [-0.2, -0.15) is 0 Å². The van der Waals surface area contributed by atoms with Crippen LogP contribution in [-0.2, 0) is 13.1 Å². The summed E-state index contributed by atoms with van der Waals surface area (Å²) < 4.78 is 13.8. The molecule has 0 heterocycles. The summed E-state index contributed by atoms with van der Waals surface area (Å²) in [6.07, 6.45) is 1.04. The number of nitrogens with zero attached hydrogens (tertiary/aromatic N) is 2. The van der Waals surface area contributed by atoms with Crippen LogP contribution >= 0.6 is 0 Å². The molecule has 0 bridgehead atoms. The van der Waals surface area contributed by atoms with Gasteiger partial charge in [-0.3, -0.25) is 0 Å². The maximum absolute atomic E-state index is 13.8. The lowest BCUT2D eigenvalue weighted by Gasteiger charge is -2.16. The predicted octanol–water partition coefficient (Wildman–Crippen LogP) is 2.74. The van der Waals surface area contributed by atoms with Gasteiger partial charge < -0.3 is 15.5 Å². The van der Waals surface area contributed by atoms with Crippen LogP contribution in [0, 0.1) is 5.82 Å². The minimum atomic E-state index is -0.161. The molecule has 4 nitrogen and oxygen atoms in total. The van der Waals surface area contributed by atoms with E-state index < -0.39 is 0 Å². The minimum Gasteiger partial charge on any atom is -0.357 e. The Hall–Kier alpha value is -1.62. The van der Waals surface area contributed by atoms with Crippen molar-refractivity contribution in [3.05, 3.63) is 35.1 Å². The molecule has 0 aliphatic heterocycles. The maximum Gasteiger partial charge on any atom is 0.191 e. The lowest BCUT2D eigenvalue weighted by molar-refractivity contribution is 0.392. The number of benzene rings is 1. The minimum absolute atomic E-state index is 0.161. The highest BCUT2D eigenvalue weighted by atomic mass is 19.1. The second-order valence-corrected chi connectivity index (χ2v) is 5.81. The van der Waals surface area contributed by atoms with E-state index in [-0.39, 0.29) is 5.82 Å². The van der Waals surface area contributed by atoms with E-state index in [9.17, 15) is 4.39 Å². The Kier molecular flexibility index (Phi) is 7.88. The van der Waals surface area contributed by atoms with Crippen molar-refractivity contribution in [3.8, 4) is 0 Å². The summed E-state index contributed by atoms with van der Waals surface area (Å²) in [7, 11) is 3.87. The molecular weight excluding hydrogens is 279 g/mol. The summed E-state index contributed by atoms with van der Waals surface area (Å²) in [6.45, 7) is 8.24. The Morgan fingerprint density at radius 1 is 1.32 bits per heavy atom. The van der Waals surface area contributed by atoms with Crippen LogP contribution in [-0.4, -0.2) is 37.5 Å². The van der Waals surface area contributed by atoms with Crippen LogP contribution < -0.4 is 10.6 Å². The zero-order valence-electron chi connectivity index (χ0n) is 14.4. The number of nitrogens with one attached hydrogen (secondary N) is 2. The summed E-state index contributed by atoms with van der Waals surface area (Å²) in [4.78, 5) is 6.54. The van der Waals surface area contributed by atoms with Gasteiger partial charge in [0.05, 0.1) is 6.54 Å². The molecule has 0 saturated heterocycles. The largest absolute Gasteiger partial charge is 0.357 e. The van der Waals surface area contributed by atoms with Gasteiger partial charge in [-0.15, -0.1) is 0 Å². The lowest BCUT2D eigenvalue weighted by atomic mass is 10.1. The van der Waals surface area contributed by atoms with E-state index in [0.29, 0.717) is 24.7 Å². The molecule has 2 N–H and O–H groups in total. The average molecular weight is 308 g/mol. The second-order valence-electron chi connectivity index (χ2n) is 5.81. The molecule has 0 aliphatic rings. The van der Waals surface area contributed by atoms with E-state index in [2.05, 4.69) is 29.5 Å². The standard InChI is InChI=1S/C17H29FN4/c1-6-13(3)21-17(19-7-2)20-11-14-8-9-16(18)15(10-14)12-22(4)5/h8-10,13H,6-7,11-12H2,1-5H3,(H2,19,20,21). The van der Waals surface area contributed by atoms with E-state index >= 15 is 0 Å². The summed E-state index contributed by atoms with van der Waals surface area (Å²) in [5, 5.41) is 6.59. The molecule has 22 heavy (non-hydrogen) atoms. The van der Waals surface area contributed by atoms with E-state index in [4.69, 9.17) is 0 Å². The van der Waals surface area contributed by atoms with Crippen molar-refractivity contribution >= 4 is 5.96 Å². The van der Waals surface area contributed by atoms with Crippen molar-refractivity contribution in [2.45, 2.75) is 46.3 Å². The van der Waals surface area contributed by atoms with Crippen LogP contribution in [0.5, 0.6) is 0 Å². The summed E-state index contributed by atoms with van der Waals surface area (Å²) in [6, 6.07) is 5.59. The van der Waals surface area contributed by atoms with Gasteiger partial charge in [0, 0.05) is 24.7 Å². The van der Waals surface area contributed by atoms with Crippen molar-refractivity contribution in [1.29, 1.82) is 0 Å². The number of hydrogen-bond acceptors (Lipinski definition) is 2. The van der Waals surface area contributed by atoms with Gasteiger partial charge in [0.2, 0.25) is 0 Å². The predicted molar refractivity (Wildman–Crippen MR) is 91.5 cm³/mol. The molecule has 1 aromatic rings. The zero-order valence-corrected chi connectivity index (χ0v) is 14.4. The zero-order chi connectivity index (χ0) is 16.5. The number of aliphatic imine (C=N–C) groups is 1. The van der Waals surface area contributed by atoms with E-state index in [1.165, 1.54) is 6.07 Å². The maximum atomic E-state index is 13.8. The molecular formula is C17H29FN4. The van der Waals surface area contributed by atoms with Gasteiger partial charge in [-0.1, -0.05) is 13.0 Å². The fourth-order valence-corrected chi connectivity index (χ4v) is 2.01. The number of hydrogen-bond donors (Lipinski definition) is 2. The number of rotatable bonds is 7. The Bertz CT molecular complexity index is 486. The normalized spacial score (nSPS) is 13.3. The van der Waals surface area contributed by atoms with Crippen LogP contribution in [0.25, 0.3) is 0 Å². The first-order valence-electron chi connectivity index (χ1n) is 7.93. The van der Waals surface area contributed by atoms with Gasteiger partial charge in [0.1, 0.15) is 5.82 Å². The van der Waals surface area contributed by atoms with Crippen molar-refractivity contribution in [1.82, 2.24) is 15.5 Å². The molecule has 124 valence electrons. The van der Waals surface area contributed by atoms with Crippen LogP contribution in [0.3, 0.4) is 0 Å². The molecule has 1 aromatic carbocycles. The van der Waals surface area contributed by atoms with Gasteiger partial charge in [-0.05, 0) is 52.1 Å². The van der Waals surface area contributed by atoms with Crippen molar-refractivity contribution in [2.24, 2.45) is 4.99 Å². The molecule has 0 fully saturated rings. The first-order chi connectivity index (χ1) is 10.5. The average Bonchev–Trinajstić information content (AvgIpc) is 2.47. The van der Waals surface area contributed by atoms with Gasteiger partial charge in [0.25, 0.3) is 0 Å². The number of halogens is 1. The van der Waals surface area contributed by atoms with E-state index in [0.717, 1.165) is 24.5 Å². The summed E-state index contributed by atoms with van der Waals surface area (Å²) >= 11 is 0. The molecule has 0 spiro atoms. The first kappa shape index (κ1) is 18.4. The van der Waals surface area contributed by atoms with Crippen molar-refractivity contribution < 1.29 is 4.39 Å². The summed E-state index contributed by atoms with van der Waals surface area (Å²) in [5.74, 6) is 0.640. The Labute approximate surface area is 133 Å². The highest BCUT2D eigenvalue weighted by Crippen LogP contribution is 2.13. The van der Waals surface area contributed by atoms with Gasteiger partial charge in [0.15, 0.2) is 5.96 Å². The van der Waals surface area contributed by atoms with Crippen LogP contribution in [0.2, 0.25) is 0 Å². The highest BCUT2D eigenvalue weighted by molar-refractivity contribution is 5.80. The molecule has 0 aliphatic carbocycles. The quantitative estimate of drug-likeness (QED) is 0.601.